The Labute approximate surface area is 557 Å². The number of carboxylic acids is 4. The molecule has 8 nitrogen and oxygen atoms in total. The number of halogens is 8. The van der Waals surface area contributed by atoms with Crippen molar-refractivity contribution in [3.8, 4) is 0 Å². The quantitative estimate of drug-likeness (QED) is 0.0609. The molecule has 1 radical (unpaired) electrons. The average molecular weight is 1440 g/mol. The minimum absolute atomic E-state index is 0. The Hall–Kier alpha value is -2.92. The van der Waals surface area contributed by atoms with Crippen LogP contribution in [-0.2, 0) is 42.1 Å². The first-order valence-electron chi connectivity index (χ1n) is 28.5. The fourth-order valence-electron chi connectivity index (χ4n) is 8.77. The monoisotopic (exact) mass is 1440 g/mol. The molecule has 0 bridgehead atoms. The van der Waals surface area contributed by atoms with Crippen LogP contribution in [0.4, 0.5) is 17.3 Å². The molecule has 0 heterocycles. The second kappa shape index (κ2) is 43.7. The van der Waals surface area contributed by atoms with E-state index in [1.807, 2.05) is 159 Å². The number of benzene rings is 4. The van der Waals surface area contributed by atoms with E-state index < -0.39 is 31.1 Å². The summed E-state index contributed by atoms with van der Waals surface area (Å²) >= 11 is 19.1. The van der Waals surface area contributed by atoms with Gasteiger partial charge >= 0.3 is 49.4 Å². The van der Waals surface area contributed by atoms with Crippen LogP contribution in [0.2, 0.25) is 0 Å². The van der Waals surface area contributed by atoms with Crippen LogP contribution in [0.15, 0.2) is 48.5 Å². The fourth-order valence-corrected chi connectivity index (χ4v) is 8.77. The van der Waals surface area contributed by atoms with Crippen molar-refractivity contribution >= 4 is 77.5 Å². The summed E-state index contributed by atoms with van der Waals surface area (Å²) in [7, 11) is -6.00. The van der Waals surface area contributed by atoms with Gasteiger partial charge in [-0.1, -0.05) is 215 Å². The van der Waals surface area contributed by atoms with Crippen LogP contribution in [0.25, 0.3) is 0 Å². The molecule has 85 heavy (non-hydrogen) atoms. The molecule has 0 saturated heterocycles. The molecule has 0 aliphatic rings. The molecule has 19 heteroatoms. The van der Waals surface area contributed by atoms with E-state index in [9.17, 15) is 56.9 Å². The molecule has 0 amide bonds. The number of carboxylic acid groups (broad SMARTS) is 4. The summed E-state index contributed by atoms with van der Waals surface area (Å²) in [6.07, 6.45) is 0. The van der Waals surface area contributed by atoms with Gasteiger partial charge in [-0.05, 0) is 138 Å². The predicted molar refractivity (Wildman–Crippen MR) is 335 cm³/mol. The molecule has 0 aliphatic heterocycles. The zero-order chi connectivity index (χ0) is 66.0. The maximum absolute atomic E-state index is 11.4. The Balaban J connectivity index is -0.000000313. The molecule has 0 saturated carbocycles. The Morgan fingerprint density at radius 1 is 0.306 bits per heavy atom. The summed E-state index contributed by atoms with van der Waals surface area (Å²) in [4.78, 5) is 45.7. The first kappa shape index (κ1) is 90.8. The second-order valence-electron chi connectivity index (χ2n) is 24.0. The summed E-state index contributed by atoms with van der Waals surface area (Å²) in [6.45, 7) is 49.4. The van der Waals surface area contributed by atoms with E-state index >= 15 is 0 Å². The van der Waals surface area contributed by atoms with Crippen LogP contribution in [0, 0.1) is 0 Å². The average Bonchev–Trinajstić information content (AvgIpc) is 3.34. The van der Waals surface area contributed by atoms with Crippen LogP contribution in [0.1, 0.15) is 345 Å². The Kier molecular flexibility index (Phi) is 46.7. The van der Waals surface area contributed by atoms with Gasteiger partial charge in [0.1, 0.15) is 0 Å². The van der Waals surface area contributed by atoms with Gasteiger partial charge in [-0.2, -0.15) is 0 Å². The summed E-state index contributed by atoms with van der Waals surface area (Å²) < 4.78 is 39.0. The predicted octanol–water partition coefficient (Wildman–Crippen LogP) is 17.8. The number of carbonyl (C=O) groups excluding carboxylic acids is 4. The number of hydrogen-bond acceptors (Lipinski definition) is 8. The van der Waals surface area contributed by atoms with Crippen molar-refractivity contribution in [2.45, 2.75) is 237 Å². The van der Waals surface area contributed by atoms with Crippen molar-refractivity contribution in [3.05, 3.63) is 138 Å². The molecule has 0 atom stereocenters. The molecule has 0 spiro atoms. The Bertz CT molecular complexity index is 2190. The molecule has 4 aromatic carbocycles. The minimum Gasteiger partial charge on any atom is -0.545 e. The van der Waals surface area contributed by atoms with E-state index in [1.54, 1.807) is 0 Å². The summed E-state index contributed by atoms with van der Waals surface area (Å²) in [5, 5.41) is 46.1. The van der Waals surface area contributed by atoms with E-state index in [-0.39, 0.29) is 100 Å². The third-order valence-corrected chi connectivity index (χ3v) is 13.3. The molecule has 0 aliphatic carbocycles. The van der Waals surface area contributed by atoms with Crippen molar-refractivity contribution in [3.63, 3.8) is 0 Å². The zero-order valence-corrected chi connectivity index (χ0v) is 61.7. The molecular weight excluding hydrogens is 1340 g/mol. The fraction of sp³-hybridized carbons (Fsp3) is 0.576. The molecule has 479 valence electrons. The number of alkyl halides is 4. The van der Waals surface area contributed by atoms with Gasteiger partial charge in [-0.3, -0.25) is 0 Å². The van der Waals surface area contributed by atoms with Crippen molar-refractivity contribution in [1.82, 2.24) is 0 Å². The Morgan fingerprint density at radius 2 is 0.388 bits per heavy atom. The molecule has 0 N–H and O–H groups in total. The van der Waals surface area contributed by atoms with Crippen LogP contribution < -0.4 is 20.4 Å². The van der Waals surface area contributed by atoms with E-state index in [0.29, 0.717) is 45.9 Å². The van der Waals surface area contributed by atoms with Crippen molar-refractivity contribution < 1.29 is 99.0 Å². The number of aromatic carboxylic acids is 4. The first-order valence-corrected chi connectivity index (χ1v) is 30.7. The van der Waals surface area contributed by atoms with Crippen LogP contribution >= 0.6 is 46.4 Å². The SMILES string of the molecule is CC(C)c1cc(C(C)C)c(C(=O)[O-])c(C(C)C)c1.CC(C)c1cc(C(C)C)c(C(=O)[O-])c(C(C)C)c1.CC(C)c1cc(C(C)C)c(C(=O)[O-])c(C(C)C)c1.CC(C)c1cc(C(C)C)c(C(=O)[O-])c(C(C)C)c1.ClCCl.ClCCl.F[B-](F)(F)F.[Mo+2].[Mo+3]. The van der Waals surface area contributed by atoms with Crippen LogP contribution in [0.5, 0.6) is 0 Å². The van der Waals surface area contributed by atoms with Crippen molar-refractivity contribution in [2.24, 2.45) is 0 Å². The van der Waals surface area contributed by atoms with Crippen LogP contribution in [-0.4, -0.2) is 41.8 Å². The maximum atomic E-state index is 11.4. The number of rotatable bonds is 16. The van der Waals surface area contributed by atoms with Crippen molar-refractivity contribution in [1.29, 1.82) is 0 Å². The maximum Gasteiger partial charge on any atom is 3.00 e. The largest absolute Gasteiger partial charge is 3.00 e. The molecule has 4 rings (SSSR count). The van der Waals surface area contributed by atoms with E-state index in [0.717, 1.165) is 44.5 Å². The van der Waals surface area contributed by atoms with Gasteiger partial charge in [0, 0.05) is 22.3 Å². The second-order valence-corrected chi connectivity index (χ2v) is 25.6. The number of hydrogen-bond donors (Lipinski definition) is 0. The Morgan fingerprint density at radius 3 is 0.435 bits per heavy atom. The molecule has 0 unspecified atom stereocenters. The van der Waals surface area contributed by atoms with Gasteiger partial charge in [0.15, 0.2) is 0 Å². The molecule has 0 fully saturated rings. The molecular formula is C66H96BCl4F4Mo2O8. The zero-order valence-electron chi connectivity index (χ0n) is 54.6. The van der Waals surface area contributed by atoms with Gasteiger partial charge in [-0.25, -0.2) is 0 Å². The van der Waals surface area contributed by atoms with Gasteiger partial charge < -0.3 is 56.9 Å². The normalized spacial score (nSPS) is 11.0. The molecule has 4 aromatic rings. The summed E-state index contributed by atoms with van der Waals surface area (Å²) in [6, 6.07) is 16.2. The van der Waals surface area contributed by atoms with E-state index in [1.165, 1.54) is 22.3 Å². The van der Waals surface area contributed by atoms with E-state index in [2.05, 4.69) is 55.4 Å². The van der Waals surface area contributed by atoms with Crippen LogP contribution in [0.3, 0.4) is 0 Å². The summed E-state index contributed by atoms with van der Waals surface area (Å²) in [5.41, 5.74) is 13.5. The third-order valence-electron chi connectivity index (χ3n) is 13.3. The minimum atomic E-state index is -6.00. The van der Waals surface area contributed by atoms with E-state index in [4.69, 9.17) is 46.4 Å². The summed E-state index contributed by atoms with van der Waals surface area (Å²) in [5.74, 6) is -1.12. The van der Waals surface area contributed by atoms with Gasteiger partial charge in [0.2, 0.25) is 0 Å². The van der Waals surface area contributed by atoms with Gasteiger partial charge in [0.05, 0.1) is 34.6 Å². The standard InChI is InChI=1S/4C16H24O2.2CH2Cl2.BF4.2Mo/c4*1-9(2)12-7-13(10(3)4)15(16(17)18)14(8-12)11(5)6;2*2-1-3;2-1(3,4)5;;/h4*7-11H,1-6H3,(H,17,18);2*1H2;;;/q;;;;;;-1;+2;+3/p-4. The topological polar surface area (TPSA) is 161 Å². The van der Waals surface area contributed by atoms with Gasteiger partial charge in [0.25, 0.3) is 0 Å². The molecule has 0 aromatic heterocycles. The van der Waals surface area contributed by atoms with Gasteiger partial charge in [-0.15, -0.1) is 46.4 Å². The number of carbonyl (C=O) groups is 4. The smallest absolute Gasteiger partial charge is 0.545 e. The van der Waals surface area contributed by atoms with Crippen molar-refractivity contribution in [2.75, 3.05) is 10.7 Å². The third kappa shape index (κ3) is 32.4. The first-order chi connectivity index (χ1) is 37.8.